The van der Waals surface area contributed by atoms with E-state index in [1.54, 1.807) is 12.1 Å². The summed E-state index contributed by atoms with van der Waals surface area (Å²) >= 11 is 0. The van der Waals surface area contributed by atoms with Crippen LogP contribution in [0.3, 0.4) is 0 Å². The SMILES string of the molecule is COc1nc(N[C@H]2CC[C@H](N(C)C)CC2)ccc1C(N)=O. The van der Waals surface area contributed by atoms with Crippen LogP contribution in [0.2, 0.25) is 0 Å². The number of aromatic nitrogens is 1. The molecule has 6 heteroatoms. The molecule has 1 aliphatic carbocycles. The third-order valence-corrected chi connectivity index (χ3v) is 4.10. The van der Waals surface area contributed by atoms with Crippen LogP contribution < -0.4 is 15.8 Å². The smallest absolute Gasteiger partial charge is 0.254 e. The summed E-state index contributed by atoms with van der Waals surface area (Å²) in [4.78, 5) is 17.9. The molecule has 1 aliphatic rings. The zero-order chi connectivity index (χ0) is 15.4. The molecule has 1 amide bonds. The number of hydrogen-bond donors (Lipinski definition) is 2. The molecule has 0 aromatic carbocycles. The molecule has 1 saturated carbocycles. The summed E-state index contributed by atoms with van der Waals surface area (Å²) in [5.74, 6) is 0.469. The highest BCUT2D eigenvalue weighted by Crippen LogP contribution is 2.25. The lowest BCUT2D eigenvalue weighted by molar-refractivity contribution is 0.0996. The number of methoxy groups -OCH3 is 1. The van der Waals surface area contributed by atoms with E-state index in [2.05, 4.69) is 29.3 Å². The first-order valence-electron chi connectivity index (χ1n) is 7.29. The van der Waals surface area contributed by atoms with Crippen molar-refractivity contribution in [1.29, 1.82) is 0 Å². The molecule has 6 nitrogen and oxygen atoms in total. The fourth-order valence-corrected chi connectivity index (χ4v) is 2.81. The van der Waals surface area contributed by atoms with Gasteiger partial charge in [-0.3, -0.25) is 4.79 Å². The number of carbonyl (C=O) groups is 1. The van der Waals surface area contributed by atoms with E-state index < -0.39 is 5.91 Å². The molecule has 0 aliphatic heterocycles. The van der Waals surface area contributed by atoms with Crippen molar-refractivity contribution in [1.82, 2.24) is 9.88 Å². The van der Waals surface area contributed by atoms with Gasteiger partial charge in [-0.15, -0.1) is 0 Å². The molecule has 116 valence electrons. The molecule has 1 fully saturated rings. The second-order valence-electron chi connectivity index (χ2n) is 5.73. The number of pyridine rings is 1. The van der Waals surface area contributed by atoms with Gasteiger partial charge in [-0.25, -0.2) is 0 Å². The highest BCUT2D eigenvalue weighted by atomic mass is 16.5. The number of carbonyl (C=O) groups excluding carboxylic acids is 1. The van der Waals surface area contributed by atoms with Crippen LogP contribution in [0.1, 0.15) is 36.0 Å². The lowest BCUT2D eigenvalue weighted by Gasteiger charge is -2.33. The fraction of sp³-hybridized carbons (Fsp3) is 0.600. The quantitative estimate of drug-likeness (QED) is 0.859. The number of anilines is 1. The predicted molar refractivity (Wildman–Crippen MR) is 82.7 cm³/mol. The van der Waals surface area contributed by atoms with Crippen LogP contribution >= 0.6 is 0 Å². The Morgan fingerprint density at radius 1 is 1.33 bits per heavy atom. The topological polar surface area (TPSA) is 80.5 Å². The third kappa shape index (κ3) is 3.85. The number of primary amides is 1. The maximum Gasteiger partial charge on any atom is 0.254 e. The summed E-state index contributed by atoms with van der Waals surface area (Å²) < 4.78 is 5.13. The first kappa shape index (κ1) is 15.6. The van der Waals surface area contributed by atoms with E-state index in [1.165, 1.54) is 20.0 Å². The molecule has 1 aromatic heterocycles. The Morgan fingerprint density at radius 2 is 2.00 bits per heavy atom. The average Bonchev–Trinajstić information content (AvgIpc) is 2.47. The number of nitrogens with two attached hydrogens (primary N) is 1. The Kier molecular flexibility index (Phi) is 5.01. The predicted octanol–water partition coefficient (Wildman–Crippen LogP) is 1.47. The Balaban J connectivity index is 1.99. The van der Waals surface area contributed by atoms with E-state index >= 15 is 0 Å². The number of ether oxygens (including phenoxy) is 1. The van der Waals surface area contributed by atoms with Gasteiger partial charge in [0.25, 0.3) is 5.91 Å². The molecule has 0 atom stereocenters. The van der Waals surface area contributed by atoms with Crippen molar-refractivity contribution in [2.24, 2.45) is 5.73 Å². The normalized spacial score (nSPS) is 22.1. The molecule has 2 rings (SSSR count). The molecule has 0 radical (unpaired) electrons. The lowest BCUT2D eigenvalue weighted by Crippen LogP contribution is -2.36. The van der Waals surface area contributed by atoms with Crippen LogP contribution in [0, 0.1) is 0 Å². The first-order chi connectivity index (χ1) is 10.0. The molecular formula is C15H24N4O2. The minimum atomic E-state index is -0.530. The fourth-order valence-electron chi connectivity index (χ4n) is 2.81. The van der Waals surface area contributed by atoms with Crippen molar-refractivity contribution in [2.45, 2.75) is 37.8 Å². The molecule has 1 heterocycles. The monoisotopic (exact) mass is 292 g/mol. The minimum Gasteiger partial charge on any atom is -0.480 e. The average molecular weight is 292 g/mol. The lowest BCUT2D eigenvalue weighted by atomic mass is 9.90. The number of rotatable bonds is 5. The van der Waals surface area contributed by atoms with Crippen LogP contribution in [0.25, 0.3) is 0 Å². The maximum absolute atomic E-state index is 11.3. The second kappa shape index (κ2) is 6.76. The Morgan fingerprint density at radius 3 is 2.52 bits per heavy atom. The van der Waals surface area contributed by atoms with Crippen LogP contribution in [0.5, 0.6) is 5.88 Å². The zero-order valence-electron chi connectivity index (χ0n) is 12.9. The highest BCUT2D eigenvalue weighted by Gasteiger charge is 2.22. The maximum atomic E-state index is 11.3. The summed E-state index contributed by atoms with van der Waals surface area (Å²) in [6, 6.07) is 4.52. The van der Waals surface area contributed by atoms with Gasteiger partial charge in [-0.2, -0.15) is 4.98 Å². The van der Waals surface area contributed by atoms with Gasteiger partial charge in [0, 0.05) is 12.1 Å². The zero-order valence-corrected chi connectivity index (χ0v) is 12.9. The van der Waals surface area contributed by atoms with Crippen molar-refractivity contribution in [3.63, 3.8) is 0 Å². The summed E-state index contributed by atoms with van der Waals surface area (Å²) in [6.45, 7) is 0. The molecule has 0 bridgehead atoms. The van der Waals surface area contributed by atoms with Gasteiger partial charge in [0.2, 0.25) is 5.88 Å². The highest BCUT2D eigenvalue weighted by molar-refractivity contribution is 5.95. The van der Waals surface area contributed by atoms with E-state index in [4.69, 9.17) is 10.5 Å². The molecule has 0 saturated heterocycles. The summed E-state index contributed by atoms with van der Waals surface area (Å²) in [7, 11) is 5.75. The third-order valence-electron chi connectivity index (χ3n) is 4.10. The number of hydrogen-bond acceptors (Lipinski definition) is 5. The van der Waals surface area contributed by atoms with Crippen LogP contribution in [-0.4, -0.2) is 49.1 Å². The Bertz CT molecular complexity index is 496. The number of nitrogens with one attached hydrogen (secondary N) is 1. The Labute approximate surface area is 125 Å². The van der Waals surface area contributed by atoms with Crippen molar-refractivity contribution < 1.29 is 9.53 Å². The molecular weight excluding hydrogens is 268 g/mol. The largest absolute Gasteiger partial charge is 0.480 e. The summed E-state index contributed by atoms with van der Waals surface area (Å²) in [6.07, 6.45) is 4.59. The summed E-state index contributed by atoms with van der Waals surface area (Å²) in [5, 5.41) is 3.42. The van der Waals surface area contributed by atoms with Crippen molar-refractivity contribution >= 4 is 11.7 Å². The van der Waals surface area contributed by atoms with Crippen molar-refractivity contribution in [3.05, 3.63) is 17.7 Å². The van der Waals surface area contributed by atoms with Gasteiger partial charge in [-0.05, 0) is 51.9 Å². The molecule has 3 N–H and O–H groups in total. The van der Waals surface area contributed by atoms with E-state index in [0.29, 0.717) is 17.6 Å². The Hall–Kier alpha value is -1.82. The van der Waals surface area contributed by atoms with Crippen molar-refractivity contribution in [2.75, 3.05) is 26.5 Å². The number of amides is 1. The van der Waals surface area contributed by atoms with Crippen LogP contribution in [0.4, 0.5) is 5.82 Å². The van der Waals surface area contributed by atoms with Gasteiger partial charge < -0.3 is 20.7 Å². The molecule has 0 spiro atoms. The van der Waals surface area contributed by atoms with Gasteiger partial charge in [0.05, 0.1) is 7.11 Å². The molecule has 21 heavy (non-hydrogen) atoms. The van der Waals surface area contributed by atoms with Crippen molar-refractivity contribution in [3.8, 4) is 5.88 Å². The minimum absolute atomic E-state index is 0.273. The first-order valence-corrected chi connectivity index (χ1v) is 7.29. The van der Waals surface area contributed by atoms with E-state index in [-0.39, 0.29) is 5.88 Å². The van der Waals surface area contributed by atoms with Crippen LogP contribution in [-0.2, 0) is 0 Å². The van der Waals surface area contributed by atoms with Gasteiger partial charge in [0.15, 0.2) is 0 Å². The van der Waals surface area contributed by atoms with E-state index in [0.717, 1.165) is 18.7 Å². The van der Waals surface area contributed by atoms with Gasteiger partial charge >= 0.3 is 0 Å². The van der Waals surface area contributed by atoms with E-state index in [9.17, 15) is 4.79 Å². The second-order valence-corrected chi connectivity index (χ2v) is 5.73. The summed E-state index contributed by atoms with van der Waals surface area (Å²) in [5.41, 5.74) is 5.59. The van der Waals surface area contributed by atoms with Crippen LogP contribution in [0.15, 0.2) is 12.1 Å². The number of nitrogens with zero attached hydrogens (tertiary/aromatic N) is 2. The molecule has 0 unspecified atom stereocenters. The van der Waals surface area contributed by atoms with Gasteiger partial charge in [-0.1, -0.05) is 0 Å². The standard InChI is InChI=1S/C15H24N4O2/c1-19(2)11-6-4-10(5-7-11)17-13-9-8-12(14(16)20)15(18-13)21-3/h8-11H,4-7H2,1-3H3,(H2,16,20)(H,17,18)/t10-,11-. The molecule has 1 aromatic rings. The van der Waals surface area contributed by atoms with E-state index in [1.807, 2.05) is 0 Å². The van der Waals surface area contributed by atoms with Gasteiger partial charge in [0.1, 0.15) is 11.4 Å².